The van der Waals surface area contributed by atoms with E-state index in [0.717, 1.165) is 11.3 Å². The predicted octanol–water partition coefficient (Wildman–Crippen LogP) is 4.64. The molecule has 0 unspecified atom stereocenters. The van der Waals surface area contributed by atoms with Crippen LogP contribution in [0, 0.1) is 12.8 Å². The Hall–Kier alpha value is -3.59. The minimum absolute atomic E-state index is 0.0627. The Kier molecular flexibility index (Phi) is 9.08. The van der Waals surface area contributed by atoms with Crippen molar-refractivity contribution < 1.29 is 14.3 Å². The Morgan fingerprint density at radius 2 is 1.91 bits per heavy atom. The fraction of sp³-hybridized carbons (Fsp3) is 0.308. The molecule has 1 heterocycles. The molecule has 2 aromatic carbocycles. The number of allylic oxidation sites excluding steroid dienone is 1. The average molecular weight is 494 g/mol. The van der Waals surface area contributed by atoms with Gasteiger partial charge in [0.1, 0.15) is 5.75 Å². The van der Waals surface area contributed by atoms with Crippen LogP contribution in [0.5, 0.6) is 5.75 Å². The summed E-state index contributed by atoms with van der Waals surface area (Å²) in [5.41, 5.74) is 2.29. The van der Waals surface area contributed by atoms with Gasteiger partial charge in [0.25, 0.3) is 5.91 Å². The van der Waals surface area contributed by atoms with E-state index in [1.54, 1.807) is 43.5 Å². The van der Waals surface area contributed by atoms with Gasteiger partial charge >= 0.3 is 0 Å². The summed E-state index contributed by atoms with van der Waals surface area (Å²) in [7, 11) is 1.59. The van der Waals surface area contributed by atoms with Crippen molar-refractivity contribution in [1.82, 2.24) is 20.1 Å². The topological polar surface area (TPSA) is 98.1 Å². The molecule has 0 aliphatic rings. The number of methoxy groups -OCH3 is 1. The standard InChI is InChI=1S/C26H31N5O3S/c1-6-14-31-24(23(17(2)3)28-25(33)19-9-7-8-18(4)15-19)29-30-26(31)35-16-22(32)27-20-10-12-21(34-5)13-11-20/h6-13,15,17,23H,1,14,16H2,2-5H3,(H,27,32)(H,28,33)/t23-/m0/s1. The van der Waals surface area contributed by atoms with Crippen molar-refractivity contribution in [2.75, 3.05) is 18.2 Å². The number of carbonyl (C=O) groups is 2. The quantitative estimate of drug-likeness (QED) is 0.298. The summed E-state index contributed by atoms with van der Waals surface area (Å²) in [4.78, 5) is 25.4. The second kappa shape index (κ2) is 12.2. The first-order valence-electron chi connectivity index (χ1n) is 11.3. The van der Waals surface area contributed by atoms with Gasteiger partial charge in [-0.15, -0.1) is 16.8 Å². The van der Waals surface area contributed by atoms with E-state index in [0.29, 0.717) is 28.8 Å². The van der Waals surface area contributed by atoms with Crippen LogP contribution in [-0.2, 0) is 11.3 Å². The van der Waals surface area contributed by atoms with Gasteiger partial charge in [-0.05, 0) is 49.2 Å². The van der Waals surface area contributed by atoms with Crippen molar-refractivity contribution in [2.24, 2.45) is 5.92 Å². The molecule has 0 saturated carbocycles. The van der Waals surface area contributed by atoms with E-state index in [-0.39, 0.29) is 29.5 Å². The Morgan fingerprint density at radius 3 is 2.54 bits per heavy atom. The third-order valence-electron chi connectivity index (χ3n) is 5.27. The van der Waals surface area contributed by atoms with Crippen LogP contribution in [0.25, 0.3) is 0 Å². The normalized spacial score (nSPS) is 11.7. The predicted molar refractivity (Wildman–Crippen MR) is 139 cm³/mol. The number of nitrogens with one attached hydrogen (secondary N) is 2. The van der Waals surface area contributed by atoms with Crippen LogP contribution in [0.3, 0.4) is 0 Å². The molecule has 0 bridgehead atoms. The highest BCUT2D eigenvalue weighted by atomic mass is 32.2. The number of amides is 2. The maximum absolute atomic E-state index is 12.9. The zero-order chi connectivity index (χ0) is 25.4. The summed E-state index contributed by atoms with van der Waals surface area (Å²) in [6.45, 7) is 10.3. The van der Waals surface area contributed by atoms with Crippen molar-refractivity contribution in [2.45, 2.75) is 38.5 Å². The molecule has 0 aliphatic carbocycles. The number of thioether (sulfide) groups is 1. The van der Waals surface area contributed by atoms with E-state index in [1.807, 2.05) is 43.5 Å². The molecule has 184 valence electrons. The summed E-state index contributed by atoms with van der Waals surface area (Å²) < 4.78 is 7.03. The maximum Gasteiger partial charge on any atom is 0.251 e. The molecule has 0 radical (unpaired) electrons. The van der Waals surface area contributed by atoms with Crippen LogP contribution in [-0.4, -0.2) is 39.4 Å². The summed E-state index contributed by atoms with van der Waals surface area (Å²) in [6.07, 6.45) is 1.74. The van der Waals surface area contributed by atoms with Crippen molar-refractivity contribution in [1.29, 1.82) is 0 Å². The molecular formula is C26H31N5O3S. The molecule has 0 spiro atoms. The lowest BCUT2D eigenvalue weighted by Crippen LogP contribution is -2.34. The van der Waals surface area contributed by atoms with E-state index < -0.39 is 0 Å². The molecule has 8 nitrogen and oxygen atoms in total. The lowest BCUT2D eigenvalue weighted by Gasteiger charge is -2.22. The lowest BCUT2D eigenvalue weighted by molar-refractivity contribution is -0.113. The number of nitrogens with zero attached hydrogens (tertiary/aromatic N) is 3. The smallest absolute Gasteiger partial charge is 0.251 e. The summed E-state index contributed by atoms with van der Waals surface area (Å²) in [6, 6.07) is 14.2. The Balaban J connectivity index is 1.73. The second-order valence-electron chi connectivity index (χ2n) is 8.37. The number of aryl methyl sites for hydroxylation is 1. The van der Waals surface area contributed by atoms with E-state index in [2.05, 4.69) is 27.4 Å². The van der Waals surface area contributed by atoms with Crippen molar-refractivity contribution in [3.8, 4) is 5.75 Å². The van der Waals surface area contributed by atoms with Gasteiger partial charge in [0.15, 0.2) is 11.0 Å². The maximum atomic E-state index is 12.9. The first-order chi connectivity index (χ1) is 16.8. The highest BCUT2D eigenvalue weighted by Gasteiger charge is 2.26. The van der Waals surface area contributed by atoms with Crippen LogP contribution in [0.2, 0.25) is 0 Å². The van der Waals surface area contributed by atoms with Crippen LogP contribution in [0.4, 0.5) is 5.69 Å². The number of anilines is 1. The largest absolute Gasteiger partial charge is 0.497 e. The van der Waals surface area contributed by atoms with Gasteiger partial charge in [-0.1, -0.05) is 49.4 Å². The van der Waals surface area contributed by atoms with Gasteiger partial charge in [-0.25, -0.2) is 0 Å². The van der Waals surface area contributed by atoms with Crippen LogP contribution >= 0.6 is 11.8 Å². The fourth-order valence-corrected chi connectivity index (χ4v) is 4.23. The minimum Gasteiger partial charge on any atom is -0.497 e. The van der Waals surface area contributed by atoms with Gasteiger partial charge in [0.2, 0.25) is 5.91 Å². The monoisotopic (exact) mass is 493 g/mol. The number of aromatic nitrogens is 3. The Labute approximate surface area is 210 Å². The van der Waals surface area contributed by atoms with Gasteiger partial charge in [0.05, 0.1) is 18.9 Å². The summed E-state index contributed by atoms with van der Waals surface area (Å²) in [5, 5.41) is 15.2. The number of rotatable bonds is 11. The molecule has 9 heteroatoms. The van der Waals surface area contributed by atoms with E-state index >= 15 is 0 Å². The number of benzene rings is 2. The minimum atomic E-state index is -0.363. The first kappa shape index (κ1) is 26.0. The van der Waals surface area contributed by atoms with Gasteiger partial charge in [-0.2, -0.15) is 0 Å². The van der Waals surface area contributed by atoms with E-state index in [9.17, 15) is 9.59 Å². The molecule has 35 heavy (non-hydrogen) atoms. The molecule has 1 atom stereocenters. The highest BCUT2D eigenvalue weighted by Crippen LogP contribution is 2.26. The third kappa shape index (κ3) is 6.95. The van der Waals surface area contributed by atoms with Gasteiger partial charge in [-0.3, -0.25) is 9.59 Å². The molecule has 0 aliphatic heterocycles. The van der Waals surface area contributed by atoms with E-state index in [1.165, 1.54) is 11.8 Å². The fourth-order valence-electron chi connectivity index (χ4n) is 3.48. The first-order valence-corrected chi connectivity index (χ1v) is 12.3. The molecule has 2 amide bonds. The number of hydrogen-bond acceptors (Lipinski definition) is 6. The molecule has 2 N–H and O–H groups in total. The van der Waals surface area contributed by atoms with Crippen molar-refractivity contribution >= 4 is 29.3 Å². The zero-order valence-corrected chi connectivity index (χ0v) is 21.3. The van der Waals surface area contributed by atoms with E-state index in [4.69, 9.17) is 4.74 Å². The number of ether oxygens (including phenoxy) is 1. The summed E-state index contributed by atoms with van der Waals surface area (Å²) >= 11 is 1.28. The van der Waals surface area contributed by atoms with Crippen LogP contribution < -0.4 is 15.4 Å². The average Bonchev–Trinajstić information content (AvgIpc) is 3.23. The molecular weight excluding hydrogens is 462 g/mol. The van der Waals surface area contributed by atoms with Crippen molar-refractivity contribution in [3.63, 3.8) is 0 Å². The number of hydrogen-bond donors (Lipinski definition) is 2. The Bertz CT molecular complexity index is 1170. The number of carbonyl (C=O) groups excluding carboxylic acids is 2. The zero-order valence-electron chi connectivity index (χ0n) is 20.4. The van der Waals surface area contributed by atoms with Crippen molar-refractivity contribution in [3.05, 3.63) is 78.1 Å². The molecule has 0 saturated heterocycles. The lowest BCUT2D eigenvalue weighted by atomic mass is 10.0. The molecule has 3 aromatic rings. The van der Waals surface area contributed by atoms with Crippen LogP contribution in [0.15, 0.2) is 66.3 Å². The Morgan fingerprint density at radius 1 is 1.17 bits per heavy atom. The van der Waals surface area contributed by atoms with Crippen LogP contribution in [0.1, 0.15) is 41.6 Å². The molecule has 3 rings (SSSR count). The molecule has 0 fully saturated rings. The molecule has 1 aromatic heterocycles. The van der Waals surface area contributed by atoms with Gasteiger partial charge in [0, 0.05) is 17.8 Å². The highest BCUT2D eigenvalue weighted by molar-refractivity contribution is 7.99. The summed E-state index contributed by atoms with van der Waals surface area (Å²) in [5.74, 6) is 1.23. The second-order valence-corrected chi connectivity index (χ2v) is 9.31. The van der Waals surface area contributed by atoms with Gasteiger partial charge < -0.3 is 19.9 Å². The SMILES string of the molecule is C=CCn1c(SCC(=O)Nc2ccc(OC)cc2)nnc1[C@@H](NC(=O)c1cccc(C)c1)C(C)C. The third-order valence-corrected chi connectivity index (χ3v) is 6.24.